The van der Waals surface area contributed by atoms with Crippen molar-refractivity contribution in [2.75, 3.05) is 7.11 Å². The van der Waals surface area contributed by atoms with Crippen molar-refractivity contribution < 1.29 is 23.1 Å². The summed E-state index contributed by atoms with van der Waals surface area (Å²) in [6.45, 7) is 5.66. The molecule has 1 atom stereocenters. The Balaban J connectivity index is 2.15. The average molecular weight is 559 g/mol. The van der Waals surface area contributed by atoms with E-state index in [1.54, 1.807) is 24.3 Å². The summed E-state index contributed by atoms with van der Waals surface area (Å²) in [4.78, 5) is 12.7. The second kappa shape index (κ2) is 10.9. The van der Waals surface area contributed by atoms with Crippen LogP contribution in [0.3, 0.4) is 0 Å². The van der Waals surface area contributed by atoms with Crippen LogP contribution >= 0.6 is 22.6 Å². The Morgan fingerprint density at radius 2 is 1.90 bits per heavy atom. The molecule has 10 heteroatoms. The molecule has 2 aromatic rings. The monoisotopic (exact) mass is 559 g/mol. The van der Waals surface area contributed by atoms with Crippen LogP contribution in [0.15, 0.2) is 46.4 Å². The molecule has 0 saturated heterocycles. The molecule has 2 rings (SSSR count). The molecule has 0 bridgehead atoms. The fourth-order valence-corrected chi connectivity index (χ4v) is 4.56. The highest BCUT2D eigenvalue weighted by Gasteiger charge is 2.26. The maximum atomic E-state index is 12.7. The van der Waals surface area contributed by atoms with Crippen LogP contribution in [0.1, 0.15) is 31.4 Å². The SMILES string of the molecule is COc1cc(/C=N\NC(=O)[C@@H](CC(C)C)NS(=O)(=O)c2ccc(C)cc2)cc(I)c1O. The van der Waals surface area contributed by atoms with Gasteiger partial charge in [-0.15, -0.1) is 0 Å². The fourth-order valence-electron chi connectivity index (χ4n) is 2.73. The van der Waals surface area contributed by atoms with Gasteiger partial charge in [0.25, 0.3) is 5.91 Å². The van der Waals surface area contributed by atoms with Gasteiger partial charge in [0.05, 0.1) is 21.8 Å². The number of carbonyl (C=O) groups is 1. The lowest BCUT2D eigenvalue weighted by atomic mass is 10.0. The van der Waals surface area contributed by atoms with E-state index >= 15 is 0 Å². The van der Waals surface area contributed by atoms with Crippen molar-refractivity contribution in [1.29, 1.82) is 0 Å². The number of aryl methyl sites for hydroxylation is 1. The summed E-state index contributed by atoms with van der Waals surface area (Å²) in [6, 6.07) is 8.64. The number of halogens is 1. The third-order valence-corrected chi connectivity index (χ3v) is 6.62. The smallest absolute Gasteiger partial charge is 0.258 e. The summed E-state index contributed by atoms with van der Waals surface area (Å²) in [5, 5.41) is 13.8. The van der Waals surface area contributed by atoms with Gasteiger partial charge in [-0.1, -0.05) is 31.5 Å². The van der Waals surface area contributed by atoms with Gasteiger partial charge in [0.15, 0.2) is 11.5 Å². The number of phenols is 1. The zero-order chi connectivity index (χ0) is 23.2. The van der Waals surface area contributed by atoms with Crippen LogP contribution in [0, 0.1) is 16.4 Å². The molecule has 0 aliphatic carbocycles. The Bertz CT molecular complexity index is 1050. The maximum absolute atomic E-state index is 12.7. The van der Waals surface area contributed by atoms with Crippen LogP contribution in [-0.4, -0.2) is 38.8 Å². The molecule has 0 fully saturated rings. The maximum Gasteiger partial charge on any atom is 0.258 e. The fraction of sp³-hybridized carbons (Fsp3) is 0.333. The average Bonchev–Trinajstić information content (AvgIpc) is 2.69. The number of hydrogen-bond donors (Lipinski definition) is 3. The van der Waals surface area contributed by atoms with Crippen LogP contribution in [0.25, 0.3) is 0 Å². The number of hydrogen-bond acceptors (Lipinski definition) is 6. The number of rotatable bonds is 9. The minimum atomic E-state index is -3.87. The first-order chi connectivity index (χ1) is 14.5. The minimum absolute atomic E-state index is 0.0202. The lowest BCUT2D eigenvalue weighted by Gasteiger charge is -2.19. The van der Waals surface area contributed by atoms with E-state index in [0.717, 1.165) is 5.56 Å². The number of aromatic hydroxyl groups is 1. The van der Waals surface area contributed by atoms with Crippen LogP contribution in [0.4, 0.5) is 0 Å². The highest BCUT2D eigenvalue weighted by molar-refractivity contribution is 14.1. The molecular formula is C21H26IN3O5S. The molecule has 0 saturated carbocycles. The third-order valence-electron chi connectivity index (χ3n) is 4.31. The second-order valence-corrected chi connectivity index (χ2v) is 10.3. The Hall–Kier alpha value is -2.18. The summed E-state index contributed by atoms with van der Waals surface area (Å²) < 4.78 is 33.6. The highest BCUT2D eigenvalue weighted by Crippen LogP contribution is 2.31. The van der Waals surface area contributed by atoms with Gasteiger partial charge in [-0.05, 0) is 71.7 Å². The number of amides is 1. The molecule has 0 spiro atoms. The molecule has 2 aromatic carbocycles. The van der Waals surface area contributed by atoms with Crippen LogP contribution < -0.4 is 14.9 Å². The lowest BCUT2D eigenvalue weighted by Crippen LogP contribution is -2.46. The van der Waals surface area contributed by atoms with Gasteiger partial charge in [0.2, 0.25) is 10.0 Å². The summed E-state index contributed by atoms with van der Waals surface area (Å²) in [5.74, 6) is -0.195. The van der Waals surface area contributed by atoms with E-state index in [9.17, 15) is 18.3 Å². The van der Waals surface area contributed by atoms with E-state index in [0.29, 0.717) is 15.6 Å². The largest absolute Gasteiger partial charge is 0.504 e. The summed E-state index contributed by atoms with van der Waals surface area (Å²) in [7, 11) is -2.44. The van der Waals surface area contributed by atoms with Crippen molar-refractivity contribution >= 4 is 44.7 Å². The molecule has 0 aromatic heterocycles. The number of hydrazone groups is 1. The quantitative estimate of drug-likeness (QED) is 0.248. The van der Waals surface area contributed by atoms with Gasteiger partial charge in [-0.25, -0.2) is 13.8 Å². The van der Waals surface area contributed by atoms with Crippen molar-refractivity contribution in [3.8, 4) is 11.5 Å². The molecule has 0 aliphatic heterocycles. The number of methoxy groups -OCH3 is 1. The number of benzene rings is 2. The van der Waals surface area contributed by atoms with Crippen molar-refractivity contribution in [3.05, 3.63) is 51.1 Å². The molecule has 0 aliphatic rings. The summed E-state index contributed by atoms with van der Waals surface area (Å²) in [6.07, 6.45) is 1.69. The van der Waals surface area contributed by atoms with E-state index in [1.165, 1.54) is 25.5 Å². The first kappa shape index (κ1) is 25.1. The molecule has 1 amide bonds. The van der Waals surface area contributed by atoms with E-state index in [1.807, 2.05) is 43.4 Å². The highest BCUT2D eigenvalue weighted by atomic mass is 127. The van der Waals surface area contributed by atoms with E-state index < -0.39 is 22.0 Å². The predicted octanol–water partition coefficient (Wildman–Crippen LogP) is 3.16. The number of sulfonamides is 1. The van der Waals surface area contributed by atoms with Gasteiger partial charge < -0.3 is 9.84 Å². The normalized spacial score (nSPS) is 12.8. The molecular weight excluding hydrogens is 533 g/mol. The minimum Gasteiger partial charge on any atom is -0.504 e. The molecule has 0 radical (unpaired) electrons. The number of carbonyl (C=O) groups excluding carboxylic acids is 1. The Morgan fingerprint density at radius 1 is 1.26 bits per heavy atom. The van der Waals surface area contributed by atoms with Crippen molar-refractivity contribution in [2.45, 2.75) is 38.1 Å². The van der Waals surface area contributed by atoms with E-state index in [-0.39, 0.29) is 22.3 Å². The van der Waals surface area contributed by atoms with E-state index in [4.69, 9.17) is 4.74 Å². The summed E-state index contributed by atoms with van der Waals surface area (Å²) >= 11 is 1.95. The van der Waals surface area contributed by atoms with Crippen molar-refractivity contribution in [2.24, 2.45) is 11.0 Å². The van der Waals surface area contributed by atoms with Crippen LogP contribution in [0.2, 0.25) is 0 Å². The molecule has 8 nitrogen and oxygen atoms in total. The Morgan fingerprint density at radius 3 is 2.48 bits per heavy atom. The van der Waals surface area contributed by atoms with Gasteiger partial charge >= 0.3 is 0 Å². The first-order valence-corrected chi connectivity index (χ1v) is 12.1. The number of nitrogens with one attached hydrogen (secondary N) is 2. The Kier molecular flexibility index (Phi) is 8.83. The van der Waals surface area contributed by atoms with E-state index in [2.05, 4.69) is 15.2 Å². The van der Waals surface area contributed by atoms with Crippen LogP contribution in [0.5, 0.6) is 11.5 Å². The standard InChI is InChI=1S/C21H26IN3O5S/c1-13(2)9-18(25-31(28,29)16-7-5-14(3)6-8-16)21(27)24-23-12-15-10-17(22)20(26)19(11-15)30-4/h5-8,10-13,18,25-26H,9H2,1-4H3,(H,24,27)/b23-12-/t18-/m1/s1. The van der Waals surface area contributed by atoms with Crippen molar-refractivity contribution in [1.82, 2.24) is 10.1 Å². The molecule has 0 heterocycles. The molecule has 0 unspecified atom stereocenters. The lowest BCUT2D eigenvalue weighted by molar-refractivity contribution is -0.123. The van der Waals surface area contributed by atoms with Gasteiger partial charge in [-0.3, -0.25) is 4.79 Å². The molecule has 3 N–H and O–H groups in total. The topological polar surface area (TPSA) is 117 Å². The van der Waals surface area contributed by atoms with Gasteiger partial charge in [0, 0.05) is 0 Å². The first-order valence-electron chi connectivity index (χ1n) is 9.52. The third kappa shape index (κ3) is 7.18. The summed E-state index contributed by atoms with van der Waals surface area (Å²) in [5.41, 5.74) is 3.92. The molecule has 31 heavy (non-hydrogen) atoms. The second-order valence-electron chi connectivity index (χ2n) is 7.40. The molecule has 168 valence electrons. The van der Waals surface area contributed by atoms with Gasteiger partial charge in [-0.2, -0.15) is 9.82 Å². The zero-order valence-corrected chi connectivity index (χ0v) is 20.7. The Labute approximate surface area is 196 Å². The number of ether oxygens (including phenoxy) is 1. The van der Waals surface area contributed by atoms with Gasteiger partial charge in [0.1, 0.15) is 6.04 Å². The number of nitrogens with zero attached hydrogens (tertiary/aromatic N) is 1. The number of phenolic OH excluding ortho intramolecular Hbond substituents is 1. The van der Waals surface area contributed by atoms with Crippen molar-refractivity contribution in [3.63, 3.8) is 0 Å². The van der Waals surface area contributed by atoms with Crippen LogP contribution in [-0.2, 0) is 14.8 Å². The zero-order valence-electron chi connectivity index (χ0n) is 17.7. The predicted molar refractivity (Wildman–Crippen MR) is 128 cm³/mol.